The van der Waals surface area contributed by atoms with Gasteiger partial charge in [0.1, 0.15) is 24.0 Å². The van der Waals surface area contributed by atoms with E-state index in [1.165, 1.54) is 12.3 Å². The zero-order chi connectivity index (χ0) is 21.7. The standard InChI is InChI=1S/C20H24N6O3S/c1-4-16(27)23-15-10-12(8-9-22-15)19(28)24-20(2,3)11-29-14-7-5-6-13-17(14)18(21)26-30-25-13/h5-10,25H,4,11H2,1-3H3,(H2,21,26)(H,24,28)(H,22,23,27). The average Bonchev–Trinajstić information content (AvgIpc) is 2.72. The van der Waals surface area contributed by atoms with Crippen molar-refractivity contribution in [1.82, 2.24) is 10.3 Å². The van der Waals surface area contributed by atoms with Crippen molar-refractivity contribution in [1.29, 1.82) is 0 Å². The number of nitrogens with two attached hydrogens (primary N) is 1. The van der Waals surface area contributed by atoms with E-state index < -0.39 is 5.54 Å². The van der Waals surface area contributed by atoms with Crippen LogP contribution in [0.4, 0.5) is 11.5 Å². The molecule has 9 nitrogen and oxygen atoms in total. The molecule has 0 saturated heterocycles. The lowest BCUT2D eigenvalue weighted by atomic mass is 10.1. The third kappa shape index (κ3) is 5.20. The number of amidine groups is 1. The molecule has 1 aromatic carbocycles. The second-order valence-electron chi connectivity index (χ2n) is 7.31. The Balaban J connectivity index is 1.66. The van der Waals surface area contributed by atoms with Crippen molar-refractivity contribution in [2.45, 2.75) is 32.7 Å². The highest BCUT2D eigenvalue weighted by atomic mass is 32.2. The zero-order valence-electron chi connectivity index (χ0n) is 17.0. The van der Waals surface area contributed by atoms with Gasteiger partial charge in [0.2, 0.25) is 5.91 Å². The maximum Gasteiger partial charge on any atom is 0.252 e. The lowest BCUT2D eigenvalue weighted by Crippen LogP contribution is -2.48. The second-order valence-corrected chi connectivity index (χ2v) is 7.88. The monoisotopic (exact) mass is 428 g/mol. The van der Waals surface area contributed by atoms with Crippen LogP contribution in [0.5, 0.6) is 5.75 Å². The molecular weight excluding hydrogens is 404 g/mol. The van der Waals surface area contributed by atoms with E-state index >= 15 is 0 Å². The van der Waals surface area contributed by atoms with Gasteiger partial charge >= 0.3 is 0 Å². The predicted octanol–water partition coefficient (Wildman–Crippen LogP) is 2.71. The van der Waals surface area contributed by atoms with E-state index in [1.807, 2.05) is 32.0 Å². The number of aromatic nitrogens is 1. The van der Waals surface area contributed by atoms with Crippen molar-refractivity contribution in [3.05, 3.63) is 47.7 Å². The van der Waals surface area contributed by atoms with Crippen LogP contribution in [-0.2, 0) is 4.79 Å². The van der Waals surface area contributed by atoms with Gasteiger partial charge in [-0.15, -0.1) is 0 Å². The fourth-order valence-electron chi connectivity index (χ4n) is 2.71. The van der Waals surface area contributed by atoms with E-state index in [1.54, 1.807) is 13.0 Å². The molecule has 158 valence electrons. The van der Waals surface area contributed by atoms with E-state index in [-0.39, 0.29) is 18.4 Å². The van der Waals surface area contributed by atoms with Crippen LogP contribution in [0.1, 0.15) is 43.1 Å². The first-order valence-electron chi connectivity index (χ1n) is 9.39. The molecule has 5 N–H and O–H groups in total. The molecule has 0 saturated carbocycles. The Labute approximate surface area is 179 Å². The summed E-state index contributed by atoms with van der Waals surface area (Å²) in [6.07, 6.45) is 1.81. The van der Waals surface area contributed by atoms with Gasteiger partial charge < -0.3 is 25.8 Å². The van der Waals surface area contributed by atoms with Crippen LogP contribution >= 0.6 is 12.1 Å². The van der Waals surface area contributed by atoms with Crippen molar-refractivity contribution in [3.8, 4) is 5.75 Å². The van der Waals surface area contributed by atoms with E-state index in [9.17, 15) is 9.59 Å². The number of carbonyl (C=O) groups is 2. The number of amides is 2. The van der Waals surface area contributed by atoms with E-state index in [4.69, 9.17) is 10.5 Å². The Morgan fingerprint density at radius 2 is 2.10 bits per heavy atom. The van der Waals surface area contributed by atoms with E-state index in [0.29, 0.717) is 35.0 Å². The Bertz CT molecular complexity index is 992. The molecule has 1 aromatic heterocycles. The third-order valence-corrected chi connectivity index (χ3v) is 4.83. The smallest absolute Gasteiger partial charge is 0.252 e. The van der Waals surface area contributed by atoms with E-state index in [0.717, 1.165) is 17.8 Å². The fraction of sp³-hybridized carbons (Fsp3) is 0.300. The molecule has 0 fully saturated rings. The van der Waals surface area contributed by atoms with Crippen molar-refractivity contribution in [3.63, 3.8) is 0 Å². The highest BCUT2D eigenvalue weighted by Gasteiger charge is 2.25. The van der Waals surface area contributed by atoms with Gasteiger partial charge in [-0.25, -0.2) is 4.98 Å². The number of hydrogen-bond donors (Lipinski definition) is 4. The summed E-state index contributed by atoms with van der Waals surface area (Å²) < 4.78 is 13.2. The number of fused-ring (bicyclic) bond motifs is 1. The molecule has 1 aliphatic rings. The topological polar surface area (TPSA) is 131 Å². The molecule has 0 radical (unpaired) electrons. The SMILES string of the molecule is CCC(=O)Nc1cc(C(=O)NC(C)(C)COc2cccc3c2C(N)=NSN3)ccn1. The molecule has 0 spiro atoms. The molecule has 0 aliphatic carbocycles. The molecule has 3 rings (SSSR count). The maximum absolute atomic E-state index is 12.7. The van der Waals surface area contributed by atoms with Gasteiger partial charge in [-0.1, -0.05) is 13.0 Å². The third-order valence-electron chi connectivity index (χ3n) is 4.23. The number of nitrogens with one attached hydrogen (secondary N) is 3. The number of benzene rings is 1. The van der Waals surface area contributed by atoms with Crippen LogP contribution in [0.25, 0.3) is 0 Å². The minimum atomic E-state index is -0.682. The largest absolute Gasteiger partial charge is 0.490 e. The normalized spacial score (nSPS) is 12.8. The van der Waals surface area contributed by atoms with Crippen molar-refractivity contribution >= 4 is 41.3 Å². The van der Waals surface area contributed by atoms with E-state index in [2.05, 4.69) is 24.7 Å². The minimum Gasteiger partial charge on any atom is -0.490 e. The molecule has 2 heterocycles. The Morgan fingerprint density at radius 3 is 2.87 bits per heavy atom. The summed E-state index contributed by atoms with van der Waals surface area (Å²) in [6, 6.07) is 8.68. The average molecular weight is 429 g/mol. The van der Waals surface area contributed by atoms with Gasteiger partial charge in [-0.05, 0) is 38.1 Å². The van der Waals surface area contributed by atoms with Crippen molar-refractivity contribution in [2.24, 2.45) is 10.1 Å². The molecule has 0 atom stereocenters. The molecule has 2 amide bonds. The van der Waals surface area contributed by atoms with Crippen LogP contribution in [0.15, 0.2) is 40.9 Å². The summed E-state index contributed by atoms with van der Waals surface area (Å²) in [6.45, 7) is 5.66. The summed E-state index contributed by atoms with van der Waals surface area (Å²) in [5.41, 5.74) is 7.23. The number of nitrogens with zero attached hydrogens (tertiary/aromatic N) is 2. The minimum absolute atomic E-state index is 0.171. The van der Waals surface area contributed by atoms with Gasteiger partial charge in [0.05, 0.1) is 28.9 Å². The van der Waals surface area contributed by atoms with Gasteiger partial charge in [0, 0.05) is 18.2 Å². The second kappa shape index (κ2) is 9.04. The number of hydrogen-bond acceptors (Lipinski definition) is 8. The van der Waals surface area contributed by atoms with Crippen LogP contribution in [0.3, 0.4) is 0 Å². The first-order chi connectivity index (χ1) is 14.3. The van der Waals surface area contributed by atoms with Gasteiger partial charge in [0.25, 0.3) is 5.91 Å². The molecule has 30 heavy (non-hydrogen) atoms. The maximum atomic E-state index is 12.7. The quantitative estimate of drug-likeness (QED) is 0.499. The number of ether oxygens (including phenoxy) is 1. The lowest BCUT2D eigenvalue weighted by molar-refractivity contribution is -0.115. The summed E-state index contributed by atoms with van der Waals surface area (Å²) in [5.74, 6) is 0.824. The highest BCUT2D eigenvalue weighted by molar-refractivity contribution is 7.99. The van der Waals surface area contributed by atoms with Crippen molar-refractivity contribution in [2.75, 3.05) is 16.6 Å². The molecule has 1 aliphatic heterocycles. The molecular formula is C20H24N6O3S. The summed E-state index contributed by atoms with van der Waals surface area (Å²) in [5, 5.41) is 5.59. The van der Waals surface area contributed by atoms with Gasteiger partial charge in [-0.2, -0.15) is 4.40 Å². The Hall–Kier alpha value is -3.27. The van der Waals surface area contributed by atoms with Crippen LogP contribution in [0.2, 0.25) is 0 Å². The van der Waals surface area contributed by atoms with Crippen LogP contribution in [0, 0.1) is 0 Å². The summed E-state index contributed by atoms with van der Waals surface area (Å²) >= 11 is 1.16. The lowest BCUT2D eigenvalue weighted by Gasteiger charge is -2.27. The first-order valence-corrected chi connectivity index (χ1v) is 10.2. The van der Waals surface area contributed by atoms with Gasteiger partial charge in [0.15, 0.2) is 0 Å². The molecule has 0 bridgehead atoms. The first kappa shape index (κ1) is 21.4. The molecule has 0 unspecified atom stereocenters. The number of carbonyl (C=O) groups excluding carboxylic acids is 2. The Morgan fingerprint density at radius 1 is 1.30 bits per heavy atom. The molecule has 2 aromatic rings. The number of pyridine rings is 1. The fourth-order valence-corrected chi connectivity index (χ4v) is 3.22. The summed E-state index contributed by atoms with van der Waals surface area (Å²) in [4.78, 5) is 28.3. The number of rotatable bonds is 7. The van der Waals surface area contributed by atoms with Crippen LogP contribution in [-0.4, -0.2) is 34.8 Å². The predicted molar refractivity (Wildman–Crippen MR) is 119 cm³/mol. The van der Waals surface area contributed by atoms with Crippen LogP contribution < -0.4 is 25.8 Å². The molecule has 10 heteroatoms. The summed E-state index contributed by atoms with van der Waals surface area (Å²) in [7, 11) is 0. The van der Waals surface area contributed by atoms with Crippen molar-refractivity contribution < 1.29 is 14.3 Å². The number of anilines is 2. The highest BCUT2D eigenvalue weighted by Crippen LogP contribution is 2.32. The Kier molecular flexibility index (Phi) is 6.46. The van der Waals surface area contributed by atoms with Gasteiger partial charge in [-0.3, -0.25) is 9.59 Å². The zero-order valence-corrected chi connectivity index (χ0v) is 17.8.